The van der Waals surface area contributed by atoms with Gasteiger partial charge in [0.1, 0.15) is 5.82 Å². The van der Waals surface area contributed by atoms with Crippen LogP contribution in [0.3, 0.4) is 0 Å². The van der Waals surface area contributed by atoms with E-state index < -0.39 is 17.6 Å². The Labute approximate surface area is 177 Å². The number of thiazole rings is 1. The van der Waals surface area contributed by atoms with Crippen molar-refractivity contribution in [2.24, 2.45) is 0 Å². The van der Waals surface area contributed by atoms with Crippen molar-refractivity contribution in [2.75, 3.05) is 11.9 Å². The van der Waals surface area contributed by atoms with Crippen molar-refractivity contribution in [1.29, 1.82) is 0 Å². The zero-order valence-electron chi connectivity index (χ0n) is 14.7. The first-order chi connectivity index (χ1) is 14.0. The van der Waals surface area contributed by atoms with E-state index in [1.165, 1.54) is 23.5 Å². The van der Waals surface area contributed by atoms with E-state index in [1.54, 1.807) is 15.9 Å². The van der Waals surface area contributed by atoms with Crippen LogP contribution in [0.5, 0.6) is 0 Å². The second kappa shape index (κ2) is 8.27. The number of hydrogen-bond acceptors (Lipinski definition) is 6. The van der Waals surface area contributed by atoms with Crippen LogP contribution in [0.1, 0.15) is 5.69 Å². The molecule has 2 amide bonds. The summed E-state index contributed by atoms with van der Waals surface area (Å²) in [6, 6.07) is 7.57. The van der Waals surface area contributed by atoms with Gasteiger partial charge < -0.3 is 10.6 Å². The first-order valence-electron chi connectivity index (χ1n) is 8.42. The van der Waals surface area contributed by atoms with Gasteiger partial charge in [0.15, 0.2) is 5.82 Å². The molecule has 0 radical (unpaired) electrons. The average molecular weight is 450 g/mol. The van der Waals surface area contributed by atoms with E-state index in [-0.39, 0.29) is 17.3 Å². The summed E-state index contributed by atoms with van der Waals surface area (Å²) in [6.45, 7) is 0.246. The van der Waals surface area contributed by atoms with Gasteiger partial charge in [-0.3, -0.25) is 9.59 Å². The zero-order chi connectivity index (χ0) is 20.4. The maximum absolute atomic E-state index is 13.2. The summed E-state index contributed by atoms with van der Waals surface area (Å²) in [4.78, 5) is 30.2. The molecule has 29 heavy (non-hydrogen) atoms. The van der Waals surface area contributed by atoms with Crippen molar-refractivity contribution in [2.45, 2.75) is 6.42 Å². The number of fused-ring (bicyclic) bond motifs is 1. The Morgan fingerprint density at radius 3 is 2.83 bits per heavy atom. The Kier molecular flexibility index (Phi) is 5.56. The lowest BCUT2D eigenvalue weighted by Crippen LogP contribution is -2.36. The number of carbonyl (C=O) groups is 2. The van der Waals surface area contributed by atoms with Gasteiger partial charge >= 0.3 is 11.8 Å². The summed E-state index contributed by atoms with van der Waals surface area (Å²) in [6.07, 6.45) is 0.481. The normalized spacial score (nSPS) is 11.0. The lowest BCUT2D eigenvalue weighted by Gasteiger charge is -2.07. The number of aromatic nitrogens is 3. The van der Waals surface area contributed by atoms with E-state index in [0.29, 0.717) is 12.2 Å². The summed E-state index contributed by atoms with van der Waals surface area (Å²) in [5.41, 5.74) is 1.12. The van der Waals surface area contributed by atoms with Gasteiger partial charge in [0.2, 0.25) is 4.96 Å². The predicted octanol–water partition coefficient (Wildman–Crippen LogP) is 3.61. The van der Waals surface area contributed by atoms with Crippen LogP contribution >= 0.6 is 34.3 Å². The molecule has 0 atom stereocenters. The quantitative estimate of drug-likeness (QED) is 0.455. The lowest BCUT2D eigenvalue weighted by atomic mass is 10.3. The highest BCUT2D eigenvalue weighted by Gasteiger charge is 2.16. The van der Waals surface area contributed by atoms with E-state index in [1.807, 2.05) is 22.9 Å². The van der Waals surface area contributed by atoms with Crippen LogP contribution in [-0.4, -0.2) is 33.0 Å². The average Bonchev–Trinajstić information content (AvgIpc) is 3.42. The van der Waals surface area contributed by atoms with Gasteiger partial charge in [-0.05, 0) is 29.6 Å². The highest BCUT2D eigenvalue weighted by Crippen LogP contribution is 2.24. The van der Waals surface area contributed by atoms with Crippen LogP contribution in [0.2, 0.25) is 5.02 Å². The summed E-state index contributed by atoms with van der Waals surface area (Å²) >= 11 is 8.68. The van der Waals surface area contributed by atoms with Crippen molar-refractivity contribution < 1.29 is 14.0 Å². The number of benzene rings is 1. The third kappa shape index (κ3) is 4.29. The van der Waals surface area contributed by atoms with Crippen LogP contribution in [0.25, 0.3) is 15.7 Å². The smallest absolute Gasteiger partial charge is 0.313 e. The number of nitrogens with one attached hydrogen (secondary N) is 2. The van der Waals surface area contributed by atoms with Crippen molar-refractivity contribution in [3.8, 4) is 10.7 Å². The van der Waals surface area contributed by atoms with Crippen LogP contribution in [-0.2, 0) is 16.0 Å². The van der Waals surface area contributed by atoms with Gasteiger partial charge in [0.25, 0.3) is 0 Å². The maximum Gasteiger partial charge on any atom is 0.313 e. The Balaban J connectivity index is 1.34. The summed E-state index contributed by atoms with van der Waals surface area (Å²) in [7, 11) is 0. The van der Waals surface area contributed by atoms with E-state index in [4.69, 9.17) is 11.6 Å². The number of nitrogens with zero attached hydrogens (tertiary/aromatic N) is 3. The van der Waals surface area contributed by atoms with Gasteiger partial charge in [-0.25, -0.2) is 8.91 Å². The van der Waals surface area contributed by atoms with Crippen LogP contribution in [0.15, 0.2) is 41.1 Å². The van der Waals surface area contributed by atoms with E-state index in [0.717, 1.165) is 21.6 Å². The zero-order valence-corrected chi connectivity index (χ0v) is 17.1. The molecule has 0 fully saturated rings. The lowest BCUT2D eigenvalue weighted by molar-refractivity contribution is -0.136. The van der Waals surface area contributed by atoms with Gasteiger partial charge in [-0.2, -0.15) is 4.98 Å². The van der Waals surface area contributed by atoms with E-state index in [2.05, 4.69) is 20.7 Å². The second-order valence-electron chi connectivity index (χ2n) is 5.92. The number of carbonyl (C=O) groups excluding carboxylic acids is 2. The van der Waals surface area contributed by atoms with Gasteiger partial charge in [0, 0.05) is 24.0 Å². The highest BCUT2D eigenvalue weighted by molar-refractivity contribution is 7.15. The molecule has 148 valence electrons. The molecule has 0 aliphatic rings. The molecular weight excluding hydrogens is 437 g/mol. The molecule has 4 aromatic rings. The molecule has 0 saturated heterocycles. The fourth-order valence-electron chi connectivity index (χ4n) is 2.55. The molecule has 0 saturated carbocycles. The molecule has 0 aliphatic heterocycles. The number of rotatable bonds is 5. The molecule has 7 nitrogen and oxygen atoms in total. The molecule has 0 spiro atoms. The third-order valence-electron chi connectivity index (χ3n) is 3.94. The van der Waals surface area contributed by atoms with Crippen molar-refractivity contribution in [3.63, 3.8) is 0 Å². The monoisotopic (exact) mass is 449 g/mol. The fourth-order valence-corrected chi connectivity index (χ4v) is 4.24. The Morgan fingerprint density at radius 2 is 2.07 bits per heavy atom. The first-order valence-corrected chi connectivity index (χ1v) is 10.6. The minimum absolute atomic E-state index is 0.139. The molecule has 0 unspecified atom stereocenters. The maximum atomic E-state index is 13.2. The molecule has 3 aromatic heterocycles. The number of halogens is 2. The first kappa shape index (κ1) is 19.5. The summed E-state index contributed by atoms with van der Waals surface area (Å²) in [5, 5.41) is 13.2. The molecule has 1 aromatic carbocycles. The molecule has 2 N–H and O–H groups in total. The molecule has 4 rings (SSSR count). The van der Waals surface area contributed by atoms with Crippen LogP contribution < -0.4 is 10.6 Å². The number of anilines is 1. The number of hydrogen-bond donors (Lipinski definition) is 2. The number of thiophene rings is 1. The molecule has 11 heteroatoms. The Morgan fingerprint density at radius 1 is 1.21 bits per heavy atom. The fraction of sp³-hybridized carbons (Fsp3) is 0.111. The van der Waals surface area contributed by atoms with Crippen molar-refractivity contribution in [1.82, 2.24) is 19.9 Å². The van der Waals surface area contributed by atoms with Crippen LogP contribution in [0, 0.1) is 5.82 Å². The van der Waals surface area contributed by atoms with Crippen LogP contribution in [0.4, 0.5) is 10.1 Å². The van der Waals surface area contributed by atoms with E-state index >= 15 is 0 Å². The van der Waals surface area contributed by atoms with Gasteiger partial charge in [-0.1, -0.05) is 17.7 Å². The summed E-state index contributed by atoms with van der Waals surface area (Å²) < 4.78 is 14.9. The highest BCUT2D eigenvalue weighted by atomic mass is 35.5. The Bertz CT molecular complexity index is 1190. The molecular formula is C18H13ClFN5O2S2. The predicted molar refractivity (Wildman–Crippen MR) is 111 cm³/mol. The standard InChI is InChI=1S/C18H13ClFN5O2S2/c19-12-8-10(3-4-13(12)20)22-17(27)16(26)21-6-5-11-9-29-18-23-15(24-25(11)18)14-2-1-7-28-14/h1-4,7-9H,5-6H2,(H,21,26)(H,22,27). The minimum atomic E-state index is -0.858. The molecule has 0 aliphatic carbocycles. The SMILES string of the molecule is O=C(NCCc1csc2nc(-c3cccs3)nn12)C(=O)Nc1ccc(F)c(Cl)c1. The molecule has 3 heterocycles. The van der Waals surface area contributed by atoms with Gasteiger partial charge in [-0.15, -0.1) is 27.8 Å². The van der Waals surface area contributed by atoms with Crippen molar-refractivity contribution in [3.05, 3.63) is 57.6 Å². The number of amides is 2. The minimum Gasteiger partial charge on any atom is -0.347 e. The largest absolute Gasteiger partial charge is 0.347 e. The topological polar surface area (TPSA) is 88.4 Å². The molecule has 0 bridgehead atoms. The second-order valence-corrected chi connectivity index (χ2v) is 8.11. The van der Waals surface area contributed by atoms with E-state index in [9.17, 15) is 14.0 Å². The van der Waals surface area contributed by atoms with Crippen molar-refractivity contribution >= 4 is 56.7 Å². The summed E-state index contributed by atoms with van der Waals surface area (Å²) in [5.74, 6) is -1.60. The third-order valence-corrected chi connectivity index (χ3v) is 5.96. The van der Waals surface area contributed by atoms with Gasteiger partial charge in [0.05, 0.1) is 15.6 Å². The Hall–Kier alpha value is -2.82.